The molecule has 1 heterocycles. The van der Waals surface area contributed by atoms with Gasteiger partial charge in [0.1, 0.15) is 5.75 Å². The second kappa shape index (κ2) is 5.93. The zero-order chi connectivity index (χ0) is 16.6. The summed E-state index contributed by atoms with van der Waals surface area (Å²) < 4.78 is 5.56. The summed E-state index contributed by atoms with van der Waals surface area (Å²) in [5.74, 6) is -0.814. The summed E-state index contributed by atoms with van der Waals surface area (Å²) in [5, 5.41) is 9.71. The topological polar surface area (TPSA) is 66.8 Å². The monoisotopic (exact) mass is 331 g/mol. The van der Waals surface area contributed by atoms with Gasteiger partial charge < -0.3 is 14.7 Å². The van der Waals surface area contributed by atoms with Crippen molar-refractivity contribution >= 4 is 29.2 Å². The predicted molar refractivity (Wildman–Crippen MR) is 86.1 cm³/mol. The number of rotatable bonds is 3. The number of fused-ring (bicyclic) bond motifs is 1. The van der Waals surface area contributed by atoms with Crippen molar-refractivity contribution in [2.75, 3.05) is 4.90 Å². The summed E-state index contributed by atoms with van der Waals surface area (Å²) in [7, 11) is 0. The first kappa shape index (κ1) is 15.4. The van der Waals surface area contributed by atoms with Crippen LogP contribution in [0.1, 0.15) is 22.8 Å². The Morgan fingerprint density at radius 2 is 2.04 bits per heavy atom. The van der Waals surface area contributed by atoms with Crippen molar-refractivity contribution in [1.29, 1.82) is 0 Å². The Bertz CT molecular complexity index is 790. The van der Waals surface area contributed by atoms with E-state index >= 15 is 0 Å². The summed E-state index contributed by atoms with van der Waals surface area (Å²) in [6.07, 6.45) is -0.638. The standard InChI is InChI=1S/C17H14ClNO4/c1-10-16(20)19(9-12-4-2-3-5-13(12)18)14-8-11(17(21)22)6-7-15(14)23-10/h2-8,10H,9H2,1H3,(H,21,22). The number of nitrogens with zero attached hydrogens (tertiary/aromatic N) is 1. The van der Waals surface area contributed by atoms with E-state index in [0.29, 0.717) is 16.5 Å². The maximum atomic E-state index is 12.5. The van der Waals surface area contributed by atoms with Crippen molar-refractivity contribution in [2.24, 2.45) is 0 Å². The van der Waals surface area contributed by atoms with E-state index < -0.39 is 12.1 Å². The lowest BCUT2D eigenvalue weighted by Crippen LogP contribution is -2.44. The number of carbonyl (C=O) groups excluding carboxylic acids is 1. The van der Waals surface area contributed by atoms with Gasteiger partial charge in [0.15, 0.2) is 6.10 Å². The van der Waals surface area contributed by atoms with Crippen molar-refractivity contribution in [1.82, 2.24) is 0 Å². The number of anilines is 1. The molecule has 0 radical (unpaired) electrons. The van der Waals surface area contributed by atoms with Crippen molar-refractivity contribution < 1.29 is 19.4 Å². The molecular weight excluding hydrogens is 318 g/mol. The fraction of sp³-hybridized carbons (Fsp3) is 0.176. The van der Waals surface area contributed by atoms with Crippen LogP contribution in [0.3, 0.4) is 0 Å². The van der Waals surface area contributed by atoms with Gasteiger partial charge in [0, 0.05) is 5.02 Å². The minimum Gasteiger partial charge on any atom is -0.479 e. The largest absolute Gasteiger partial charge is 0.479 e. The van der Waals surface area contributed by atoms with Crippen LogP contribution in [0.5, 0.6) is 5.75 Å². The zero-order valence-corrected chi connectivity index (χ0v) is 13.1. The molecule has 0 saturated carbocycles. The highest BCUT2D eigenvalue weighted by Gasteiger charge is 2.32. The molecule has 5 nitrogen and oxygen atoms in total. The quantitative estimate of drug-likeness (QED) is 0.936. The van der Waals surface area contributed by atoms with Gasteiger partial charge in [-0.1, -0.05) is 29.8 Å². The van der Waals surface area contributed by atoms with Gasteiger partial charge >= 0.3 is 5.97 Å². The number of amides is 1. The first-order valence-electron chi connectivity index (χ1n) is 7.06. The molecule has 1 aliphatic rings. The number of ether oxygens (including phenoxy) is 1. The Balaban J connectivity index is 2.05. The molecule has 1 amide bonds. The number of carbonyl (C=O) groups is 2. The number of hydrogen-bond donors (Lipinski definition) is 1. The van der Waals surface area contributed by atoms with Gasteiger partial charge in [-0.15, -0.1) is 0 Å². The molecule has 0 fully saturated rings. The average molecular weight is 332 g/mol. The molecule has 0 bridgehead atoms. The van der Waals surface area contributed by atoms with Crippen LogP contribution >= 0.6 is 11.6 Å². The van der Waals surface area contributed by atoms with Crippen LogP contribution in [0, 0.1) is 0 Å². The Morgan fingerprint density at radius 3 is 2.74 bits per heavy atom. The third kappa shape index (κ3) is 2.87. The van der Waals surface area contributed by atoms with Crippen LogP contribution < -0.4 is 9.64 Å². The molecule has 1 atom stereocenters. The summed E-state index contributed by atoms with van der Waals surface area (Å²) in [6.45, 7) is 1.91. The fourth-order valence-electron chi connectivity index (χ4n) is 2.50. The number of aromatic carboxylic acids is 1. The van der Waals surface area contributed by atoms with E-state index in [1.807, 2.05) is 18.2 Å². The molecule has 23 heavy (non-hydrogen) atoms. The molecule has 1 unspecified atom stereocenters. The lowest BCUT2D eigenvalue weighted by Gasteiger charge is -2.33. The average Bonchev–Trinajstić information content (AvgIpc) is 2.53. The molecule has 1 N–H and O–H groups in total. The molecule has 0 spiro atoms. The number of carboxylic acid groups (broad SMARTS) is 1. The lowest BCUT2D eigenvalue weighted by atomic mass is 10.1. The molecule has 1 aliphatic heterocycles. The van der Waals surface area contributed by atoms with E-state index in [4.69, 9.17) is 21.4 Å². The maximum Gasteiger partial charge on any atom is 0.335 e. The van der Waals surface area contributed by atoms with E-state index in [2.05, 4.69) is 0 Å². The molecular formula is C17H14ClNO4. The molecule has 0 aromatic heterocycles. The fourth-order valence-corrected chi connectivity index (χ4v) is 2.70. The molecule has 0 saturated heterocycles. The SMILES string of the molecule is CC1Oc2ccc(C(=O)O)cc2N(Cc2ccccc2Cl)C1=O. The first-order valence-corrected chi connectivity index (χ1v) is 7.44. The summed E-state index contributed by atoms with van der Waals surface area (Å²) in [4.78, 5) is 25.2. The number of carboxylic acids is 1. The van der Waals surface area contributed by atoms with Gasteiger partial charge in [0.25, 0.3) is 5.91 Å². The molecule has 2 aromatic rings. The number of halogens is 1. The molecule has 0 aliphatic carbocycles. The molecule has 2 aromatic carbocycles. The Morgan fingerprint density at radius 1 is 1.30 bits per heavy atom. The second-order valence-electron chi connectivity index (χ2n) is 5.26. The van der Waals surface area contributed by atoms with Gasteiger partial charge in [-0.3, -0.25) is 4.79 Å². The van der Waals surface area contributed by atoms with Gasteiger partial charge in [0.2, 0.25) is 0 Å². The van der Waals surface area contributed by atoms with Gasteiger partial charge in [0.05, 0.1) is 17.8 Å². The normalized spacial score (nSPS) is 16.7. The Labute approximate surface area is 138 Å². The molecule has 6 heteroatoms. The van der Waals surface area contributed by atoms with Crippen molar-refractivity contribution in [3.05, 3.63) is 58.6 Å². The molecule has 3 rings (SSSR count). The highest BCUT2D eigenvalue weighted by molar-refractivity contribution is 6.31. The summed E-state index contributed by atoms with van der Waals surface area (Å²) in [5.41, 5.74) is 1.31. The Hall–Kier alpha value is -2.53. The zero-order valence-electron chi connectivity index (χ0n) is 12.3. The Kier molecular flexibility index (Phi) is 3.96. The van der Waals surface area contributed by atoms with E-state index in [-0.39, 0.29) is 18.0 Å². The van der Waals surface area contributed by atoms with E-state index in [1.165, 1.54) is 17.0 Å². The minimum absolute atomic E-state index is 0.0962. The highest BCUT2D eigenvalue weighted by atomic mass is 35.5. The second-order valence-corrected chi connectivity index (χ2v) is 5.67. The third-order valence-electron chi connectivity index (χ3n) is 3.70. The van der Waals surface area contributed by atoms with Crippen molar-refractivity contribution in [3.8, 4) is 5.75 Å². The van der Waals surface area contributed by atoms with Gasteiger partial charge in [-0.2, -0.15) is 0 Å². The number of benzene rings is 2. The van der Waals surface area contributed by atoms with Crippen molar-refractivity contribution in [3.63, 3.8) is 0 Å². The van der Waals surface area contributed by atoms with Gasteiger partial charge in [-0.05, 0) is 36.8 Å². The van der Waals surface area contributed by atoms with Crippen LogP contribution in [0.25, 0.3) is 0 Å². The maximum absolute atomic E-state index is 12.5. The number of hydrogen-bond acceptors (Lipinski definition) is 3. The van der Waals surface area contributed by atoms with Crippen LogP contribution in [0.2, 0.25) is 5.02 Å². The summed E-state index contributed by atoms with van der Waals surface area (Å²) >= 11 is 6.17. The minimum atomic E-state index is -1.06. The summed E-state index contributed by atoms with van der Waals surface area (Å²) in [6, 6.07) is 11.7. The van der Waals surface area contributed by atoms with Crippen LogP contribution in [0.15, 0.2) is 42.5 Å². The lowest BCUT2D eigenvalue weighted by molar-refractivity contribution is -0.125. The first-order chi connectivity index (χ1) is 11.0. The predicted octanol–water partition coefficient (Wildman–Crippen LogP) is 3.35. The van der Waals surface area contributed by atoms with E-state index in [9.17, 15) is 9.59 Å². The third-order valence-corrected chi connectivity index (χ3v) is 4.07. The van der Waals surface area contributed by atoms with E-state index in [0.717, 1.165) is 5.56 Å². The van der Waals surface area contributed by atoms with Crippen LogP contribution in [0.4, 0.5) is 5.69 Å². The molecule has 118 valence electrons. The van der Waals surface area contributed by atoms with Gasteiger partial charge in [-0.25, -0.2) is 4.79 Å². The highest BCUT2D eigenvalue weighted by Crippen LogP contribution is 2.36. The van der Waals surface area contributed by atoms with Crippen molar-refractivity contribution in [2.45, 2.75) is 19.6 Å². The van der Waals surface area contributed by atoms with E-state index in [1.54, 1.807) is 19.1 Å². The van der Waals surface area contributed by atoms with Crippen LogP contribution in [-0.2, 0) is 11.3 Å². The van der Waals surface area contributed by atoms with Crippen LogP contribution in [-0.4, -0.2) is 23.1 Å². The smallest absolute Gasteiger partial charge is 0.335 e.